The van der Waals surface area contributed by atoms with E-state index in [1.165, 1.54) is 7.05 Å². The number of fused-ring (bicyclic) bond motifs is 1. The first-order chi connectivity index (χ1) is 15.5. The van der Waals surface area contributed by atoms with Crippen LogP contribution in [0.15, 0.2) is 18.2 Å². The smallest absolute Gasteiger partial charge is 0.264 e. The van der Waals surface area contributed by atoms with E-state index in [1.807, 2.05) is 13.8 Å². The molecular weight excluding hydrogens is 416 g/mol. The maximum absolute atomic E-state index is 12.9. The lowest BCUT2D eigenvalue weighted by atomic mass is 10.1. The molecule has 0 bridgehead atoms. The van der Waals surface area contributed by atoms with Gasteiger partial charge in [0.2, 0.25) is 5.91 Å². The Bertz CT molecular complexity index is 771. The van der Waals surface area contributed by atoms with Gasteiger partial charge in [0.1, 0.15) is 6.29 Å². The van der Waals surface area contributed by atoms with Gasteiger partial charge in [-0.05, 0) is 18.6 Å². The summed E-state index contributed by atoms with van der Waals surface area (Å²) >= 11 is 0. The number of hydrogen-bond donors (Lipinski definition) is 3. The predicted octanol–water partition coefficient (Wildman–Crippen LogP) is 0.806. The van der Waals surface area contributed by atoms with Crippen LogP contribution in [0.25, 0.3) is 0 Å². The second-order valence-electron chi connectivity index (χ2n) is 6.56. The molecule has 1 aromatic carbocycles. The van der Waals surface area contributed by atoms with Gasteiger partial charge < -0.3 is 30.6 Å². The van der Waals surface area contributed by atoms with E-state index in [2.05, 4.69) is 10.6 Å². The zero-order chi connectivity index (χ0) is 23.9. The molecule has 1 heterocycles. The van der Waals surface area contributed by atoms with Crippen molar-refractivity contribution in [1.29, 1.82) is 0 Å². The number of amides is 3. The average Bonchev–Trinajstić information content (AvgIpc) is 3.08. The van der Waals surface area contributed by atoms with Crippen molar-refractivity contribution in [1.82, 2.24) is 10.2 Å². The molecule has 0 saturated heterocycles. The number of rotatable bonds is 14. The number of ether oxygens (including phenoxy) is 2. The van der Waals surface area contributed by atoms with Crippen molar-refractivity contribution in [2.24, 2.45) is 5.73 Å². The lowest BCUT2D eigenvalue weighted by molar-refractivity contribution is -0.121. The molecule has 32 heavy (non-hydrogen) atoms. The van der Waals surface area contributed by atoms with Gasteiger partial charge in [0.05, 0.1) is 43.6 Å². The number of anilines is 1. The highest BCUT2D eigenvalue weighted by atomic mass is 16.5. The SMILES string of the molecule is CC.CNC(=O)CCC(C=O)N1C(=O)c2cccc(NCCOCCOCCN)c2C1=O. The van der Waals surface area contributed by atoms with Crippen molar-refractivity contribution in [2.75, 3.05) is 51.9 Å². The average molecular weight is 451 g/mol. The third kappa shape index (κ3) is 7.40. The number of nitrogens with zero attached hydrogens (tertiary/aromatic N) is 1. The van der Waals surface area contributed by atoms with Crippen molar-refractivity contribution in [3.63, 3.8) is 0 Å². The summed E-state index contributed by atoms with van der Waals surface area (Å²) in [5, 5.41) is 5.55. The topological polar surface area (TPSA) is 140 Å². The second kappa shape index (κ2) is 15.1. The fraction of sp³-hybridized carbons (Fsp3) is 0.545. The highest BCUT2D eigenvalue weighted by Gasteiger charge is 2.41. The normalized spacial score (nSPS) is 13.2. The minimum Gasteiger partial charge on any atom is -0.382 e. The Morgan fingerprint density at radius 2 is 1.81 bits per heavy atom. The lowest BCUT2D eigenvalue weighted by Crippen LogP contribution is -2.41. The number of carbonyl (C=O) groups excluding carboxylic acids is 4. The predicted molar refractivity (Wildman–Crippen MR) is 121 cm³/mol. The first kappa shape index (κ1) is 27.2. The zero-order valence-corrected chi connectivity index (χ0v) is 19.0. The molecular formula is C22H34N4O6. The summed E-state index contributed by atoms with van der Waals surface area (Å²) < 4.78 is 10.6. The number of benzene rings is 1. The molecule has 1 atom stereocenters. The number of carbonyl (C=O) groups is 4. The lowest BCUT2D eigenvalue weighted by Gasteiger charge is -2.21. The number of aldehydes is 1. The molecule has 1 unspecified atom stereocenters. The van der Waals surface area contributed by atoms with E-state index >= 15 is 0 Å². The molecule has 0 saturated carbocycles. The van der Waals surface area contributed by atoms with Crippen molar-refractivity contribution in [2.45, 2.75) is 32.7 Å². The van der Waals surface area contributed by atoms with Crippen LogP contribution < -0.4 is 16.4 Å². The molecule has 0 fully saturated rings. The van der Waals surface area contributed by atoms with Crippen LogP contribution in [0.3, 0.4) is 0 Å². The monoisotopic (exact) mass is 450 g/mol. The van der Waals surface area contributed by atoms with E-state index < -0.39 is 17.9 Å². The fourth-order valence-corrected chi connectivity index (χ4v) is 3.08. The molecule has 10 nitrogen and oxygen atoms in total. The van der Waals surface area contributed by atoms with Crippen LogP contribution in [0.1, 0.15) is 47.4 Å². The molecule has 0 aromatic heterocycles. The van der Waals surface area contributed by atoms with Gasteiger partial charge >= 0.3 is 0 Å². The van der Waals surface area contributed by atoms with E-state index in [0.29, 0.717) is 51.5 Å². The first-order valence-electron chi connectivity index (χ1n) is 10.8. The largest absolute Gasteiger partial charge is 0.382 e. The third-order valence-corrected chi connectivity index (χ3v) is 4.58. The van der Waals surface area contributed by atoms with Gasteiger partial charge in [-0.25, -0.2) is 0 Å². The molecule has 0 radical (unpaired) electrons. The maximum Gasteiger partial charge on any atom is 0.264 e. The highest BCUT2D eigenvalue weighted by Crippen LogP contribution is 2.31. The van der Waals surface area contributed by atoms with E-state index in [0.717, 1.165) is 4.90 Å². The fourth-order valence-electron chi connectivity index (χ4n) is 3.08. The van der Waals surface area contributed by atoms with Gasteiger partial charge in [-0.1, -0.05) is 19.9 Å². The van der Waals surface area contributed by atoms with Crippen LogP contribution in [0.5, 0.6) is 0 Å². The Labute approximate surface area is 188 Å². The summed E-state index contributed by atoms with van der Waals surface area (Å²) in [6, 6.07) is 3.90. The summed E-state index contributed by atoms with van der Waals surface area (Å²) in [5.74, 6) is -1.36. The molecule has 4 N–H and O–H groups in total. The standard InChI is InChI=1S/C20H28N4O6.C2H6/c1-22-17(26)6-5-14(13-25)24-19(27)15-3-2-4-16(18(15)20(24)28)23-8-10-30-12-11-29-9-7-21;1-2/h2-4,13-14,23H,5-12,21H2,1H3,(H,22,26);1-2H3. The Hall–Kier alpha value is -2.82. The van der Waals surface area contributed by atoms with Crippen molar-refractivity contribution >= 4 is 29.7 Å². The molecule has 2 rings (SSSR count). The quantitative estimate of drug-likeness (QED) is 0.215. The van der Waals surface area contributed by atoms with E-state index in [1.54, 1.807) is 18.2 Å². The number of nitrogens with one attached hydrogen (secondary N) is 2. The number of hydrogen-bond acceptors (Lipinski definition) is 8. The zero-order valence-electron chi connectivity index (χ0n) is 19.0. The van der Waals surface area contributed by atoms with Crippen molar-refractivity contribution in [3.8, 4) is 0 Å². The molecule has 3 amide bonds. The van der Waals surface area contributed by atoms with Gasteiger partial charge in [0.25, 0.3) is 11.8 Å². The molecule has 1 aliphatic heterocycles. The minimum atomic E-state index is -1.00. The summed E-state index contributed by atoms with van der Waals surface area (Å²) in [6.45, 7) is 6.61. The summed E-state index contributed by atoms with van der Waals surface area (Å²) in [6.07, 6.45) is 0.626. The molecule has 10 heteroatoms. The van der Waals surface area contributed by atoms with Gasteiger partial charge in [-0.3, -0.25) is 19.3 Å². The Balaban J connectivity index is 0.00000249. The van der Waals surface area contributed by atoms with E-state index in [-0.39, 0.29) is 29.9 Å². The Morgan fingerprint density at radius 1 is 1.12 bits per heavy atom. The van der Waals surface area contributed by atoms with Crippen LogP contribution in [-0.4, -0.2) is 81.5 Å². The van der Waals surface area contributed by atoms with Crippen molar-refractivity contribution < 1.29 is 28.7 Å². The van der Waals surface area contributed by atoms with Crippen LogP contribution in [0.4, 0.5) is 5.69 Å². The molecule has 0 spiro atoms. The Kier molecular flexibility index (Phi) is 12.8. The summed E-state index contributed by atoms with van der Waals surface area (Å²) in [4.78, 5) is 49.6. The van der Waals surface area contributed by atoms with Crippen LogP contribution >= 0.6 is 0 Å². The third-order valence-electron chi connectivity index (χ3n) is 4.58. The summed E-state index contributed by atoms with van der Waals surface area (Å²) in [7, 11) is 1.48. The molecule has 178 valence electrons. The van der Waals surface area contributed by atoms with Crippen LogP contribution in [0.2, 0.25) is 0 Å². The van der Waals surface area contributed by atoms with Gasteiger partial charge in [-0.15, -0.1) is 0 Å². The van der Waals surface area contributed by atoms with Gasteiger partial charge in [0, 0.05) is 32.2 Å². The molecule has 1 aliphatic rings. The minimum absolute atomic E-state index is 0.0325. The first-order valence-corrected chi connectivity index (χ1v) is 10.8. The maximum atomic E-state index is 12.9. The number of imide groups is 1. The van der Waals surface area contributed by atoms with Crippen LogP contribution in [0, 0.1) is 0 Å². The summed E-state index contributed by atoms with van der Waals surface area (Å²) in [5.41, 5.74) is 6.27. The van der Waals surface area contributed by atoms with E-state index in [4.69, 9.17) is 15.2 Å². The van der Waals surface area contributed by atoms with Gasteiger partial charge in [0.15, 0.2) is 0 Å². The van der Waals surface area contributed by atoms with Gasteiger partial charge in [-0.2, -0.15) is 0 Å². The second-order valence-corrected chi connectivity index (χ2v) is 6.56. The molecule has 0 aliphatic carbocycles. The van der Waals surface area contributed by atoms with Crippen LogP contribution in [-0.2, 0) is 19.1 Å². The van der Waals surface area contributed by atoms with Crippen molar-refractivity contribution in [3.05, 3.63) is 29.3 Å². The van der Waals surface area contributed by atoms with E-state index in [9.17, 15) is 19.2 Å². The number of nitrogens with two attached hydrogens (primary N) is 1. The Morgan fingerprint density at radius 3 is 2.44 bits per heavy atom. The molecule has 1 aromatic rings. The highest BCUT2D eigenvalue weighted by molar-refractivity contribution is 6.24.